The number of hydrogen-bond acceptors (Lipinski definition) is 5. The molecular formula is C15H18N6O2. The topological polar surface area (TPSA) is 117 Å². The van der Waals surface area contributed by atoms with Crippen LogP contribution in [-0.2, 0) is 4.79 Å². The van der Waals surface area contributed by atoms with Crippen LogP contribution >= 0.6 is 0 Å². The zero-order valence-electron chi connectivity index (χ0n) is 12.6. The Morgan fingerprint density at radius 3 is 2.83 bits per heavy atom. The van der Waals surface area contributed by atoms with Crippen LogP contribution in [0.3, 0.4) is 0 Å². The third kappa shape index (κ3) is 3.01. The molecule has 0 spiro atoms. The molecule has 0 saturated carbocycles. The molecule has 0 atom stereocenters. The molecule has 0 aliphatic carbocycles. The molecule has 0 radical (unpaired) electrons. The van der Waals surface area contributed by atoms with Gasteiger partial charge in [-0.05, 0) is 18.9 Å². The maximum Gasteiger partial charge on any atom is 0.252 e. The van der Waals surface area contributed by atoms with Crippen molar-refractivity contribution in [1.29, 1.82) is 0 Å². The number of H-pyrrole nitrogens is 1. The van der Waals surface area contributed by atoms with E-state index < -0.39 is 5.91 Å². The summed E-state index contributed by atoms with van der Waals surface area (Å²) in [5.74, 6) is 0.00938. The molecule has 1 saturated heterocycles. The van der Waals surface area contributed by atoms with E-state index >= 15 is 0 Å². The average Bonchev–Trinajstić information content (AvgIpc) is 2.98. The molecular weight excluding hydrogens is 296 g/mol. The summed E-state index contributed by atoms with van der Waals surface area (Å²) in [6.45, 7) is 4.85. The minimum atomic E-state index is -0.543. The van der Waals surface area contributed by atoms with Gasteiger partial charge in [0, 0.05) is 25.3 Å². The molecule has 0 unspecified atom stereocenters. The Morgan fingerprint density at radius 2 is 2.17 bits per heavy atom. The van der Waals surface area contributed by atoms with Gasteiger partial charge in [0.15, 0.2) is 5.65 Å². The van der Waals surface area contributed by atoms with Crippen molar-refractivity contribution in [1.82, 2.24) is 19.9 Å². The number of aromatic nitrogens is 3. The molecule has 1 fully saturated rings. The summed E-state index contributed by atoms with van der Waals surface area (Å²) in [4.78, 5) is 36.2. The predicted molar refractivity (Wildman–Crippen MR) is 85.8 cm³/mol. The van der Waals surface area contributed by atoms with Gasteiger partial charge in [0.2, 0.25) is 5.91 Å². The number of nitrogens with two attached hydrogens (primary N) is 1. The second-order valence-electron chi connectivity index (χ2n) is 5.47. The number of amides is 2. The highest BCUT2D eigenvalue weighted by molar-refractivity contribution is 6.03. The van der Waals surface area contributed by atoms with Crippen molar-refractivity contribution in [2.24, 2.45) is 5.73 Å². The smallest absolute Gasteiger partial charge is 0.252 e. The van der Waals surface area contributed by atoms with Crippen LogP contribution in [0.5, 0.6) is 0 Å². The molecule has 3 heterocycles. The Morgan fingerprint density at radius 1 is 1.43 bits per heavy atom. The van der Waals surface area contributed by atoms with Crippen molar-refractivity contribution in [2.45, 2.75) is 18.9 Å². The van der Waals surface area contributed by atoms with Crippen LogP contribution in [0.1, 0.15) is 23.2 Å². The summed E-state index contributed by atoms with van der Waals surface area (Å²) in [5, 5.41) is 3.30. The van der Waals surface area contributed by atoms with E-state index in [2.05, 4.69) is 26.8 Å². The van der Waals surface area contributed by atoms with Gasteiger partial charge in [0.05, 0.1) is 11.8 Å². The molecule has 4 N–H and O–H groups in total. The number of piperidine rings is 1. The Labute approximate surface area is 132 Å². The van der Waals surface area contributed by atoms with Gasteiger partial charge in [-0.15, -0.1) is 0 Å². The number of nitrogens with zero attached hydrogens (tertiary/aromatic N) is 3. The van der Waals surface area contributed by atoms with Crippen molar-refractivity contribution in [3.63, 3.8) is 0 Å². The fourth-order valence-corrected chi connectivity index (χ4v) is 2.73. The first kappa shape index (κ1) is 15.0. The number of likely N-dealkylation sites (tertiary alicyclic amines) is 1. The number of hydrogen-bond donors (Lipinski definition) is 3. The number of carbonyl (C=O) groups is 2. The van der Waals surface area contributed by atoms with Crippen molar-refractivity contribution < 1.29 is 9.59 Å². The quantitative estimate of drug-likeness (QED) is 0.716. The third-order valence-electron chi connectivity index (χ3n) is 3.98. The second kappa shape index (κ2) is 6.07. The number of nitrogens with one attached hydrogen (secondary N) is 2. The average molecular weight is 314 g/mol. The zero-order valence-corrected chi connectivity index (χ0v) is 12.6. The maximum absolute atomic E-state index is 11.6. The third-order valence-corrected chi connectivity index (χ3v) is 3.98. The number of aromatic amines is 1. The van der Waals surface area contributed by atoms with Crippen molar-refractivity contribution in [3.8, 4) is 0 Å². The minimum Gasteiger partial charge on any atom is -0.366 e. The number of fused-ring (bicyclic) bond motifs is 1. The molecule has 23 heavy (non-hydrogen) atoms. The lowest BCUT2D eigenvalue weighted by molar-refractivity contribution is -0.126. The van der Waals surface area contributed by atoms with Crippen LogP contribution in [-0.4, -0.2) is 50.8 Å². The predicted octanol–water partition coefficient (Wildman–Crippen LogP) is 0.646. The summed E-state index contributed by atoms with van der Waals surface area (Å²) in [6.07, 6.45) is 6.09. The van der Waals surface area contributed by atoms with E-state index in [-0.39, 0.29) is 11.9 Å². The van der Waals surface area contributed by atoms with E-state index in [1.807, 2.05) is 0 Å². The Bertz CT molecular complexity index is 760. The van der Waals surface area contributed by atoms with Gasteiger partial charge in [-0.3, -0.25) is 9.59 Å². The SMILES string of the molecule is C=CC(=O)N1CCC(Nc2cnc3[nH]cc(C(N)=O)c3n2)CC1. The van der Waals surface area contributed by atoms with Crippen molar-refractivity contribution >= 4 is 28.8 Å². The van der Waals surface area contributed by atoms with Gasteiger partial charge in [-0.1, -0.05) is 6.58 Å². The standard InChI is InChI=1S/C15H18N6O2/c1-2-12(22)21-5-3-9(4-6-21)19-11-8-18-15-13(20-11)10(7-17-15)14(16)23/h2,7-9H,1,3-6H2,(H2,16,23)(H,17,18)(H,19,20). The number of carbonyl (C=O) groups excluding carboxylic acids is 2. The summed E-state index contributed by atoms with van der Waals surface area (Å²) < 4.78 is 0. The van der Waals surface area contributed by atoms with E-state index in [1.165, 1.54) is 12.3 Å². The summed E-state index contributed by atoms with van der Waals surface area (Å²) in [5.41, 5.74) is 6.63. The highest BCUT2D eigenvalue weighted by Gasteiger charge is 2.22. The minimum absolute atomic E-state index is 0.0388. The monoisotopic (exact) mass is 314 g/mol. The van der Waals surface area contributed by atoms with Gasteiger partial charge >= 0.3 is 0 Å². The number of anilines is 1. The van der Waals surface area contributed by atoms with Gasteiger partial charge in [-0.2, -0.15) is 0 Å². The van der Waals surface area contributed by atoms with Crippen LogP contribution in [0.15, 0.2) is 25.0 Å². The summed E-state index contributed by atoms with van der Waals surface area (Å²) >= 11 is 0. The van der Waals surface area contributed by atoms with E-state index in [0.717, 1.165) is 12.8 Å². The van der Waals surface area contributed by atoms with Crippen LogP contribution in [0.4, 0.5) is 5.82 Å². The number of primary amides is 1. The van der Waals surface area contributed by atoms with E-state index in [0.29, 0.717) is 35.6 Å². The zero-order chi connectivity index (χ0) is 16.4. The van der Waals surface area contributed by atoms with Gasteiger partial charge in [0.25, 0.3) is 5.91 Å². The van der Waals surface area contributed by atoms with Crippen LogP contribution < -0.4 is 11.1 Å². The molecule has 1 aliphatic rings. The maximum atomic E-state index is 11.6. The molecule has 2 amide bonds. The summed E-state index contributed by atoms with van der Waals surface area (Å²) in [7, 11) is 0. The highest BCUT2D eigenvalue weighted by atomic mass is 16.2. The lowest BCUT2D eigenvalue weighted by atomic mass is 10.1. The molecule has 8 heteroatoms. The van der Waals surface area contributed by atoms with E-state index in [1.54, 1.807) is 11.1 Å². The number of rotatable bonds is 4. The lowest BCUT2D eigenvalue weighted by Gasteiger charge is -2.31. The van der Waals surface area contributed by atoms with Gasteiger partial charge < -0.3 is 20.9 Å². The lowest BCUT2D eigenvalue weighted by Crippen LogP contribution is -2.41. The van der Waals surface area contributed by atoms with Gasteiger partial charge in [-0.25, -0.2) is 9.97 Å². The van der Waals surface area contributed by atoms with E-state index in [4.69, 9.17) is 5.73 Å². The first-order valence-corrected chi connectivity index (χ1v) is 7.40. The molecule has 0 bridgehead atoms. The molecule has 3 rings (SSSR count). The van der Waals surface area contributed by atoms with Crippen LogP contribution in [0, 0.1) is 0 Å². The summed E-state index contributed by atoms with van der Waals surface area (Å²) in [6, 6.07) is 0.201. The van der Waals surface area contributed by atoms with Crippen LogP contribution in [0.25, 0.3) is 11.2 Å². The largest absolute Gasteiger partial charge is 0.366 e. The normalized spacial score (nSPS) is 15.6. The fourth-order valence-electron chi connectivity index (χ4n) is 2.73. The Balaban J connectivity index is 1.70. The fraction of sp³-hybridized carbons (Fsp3) is 0.333. The van der Waals surface area contributed by atoms with Gasteiger partial charge in [0.1, 0.15) is 11.3 Å². The van der Waals surface area contributed by atoms with Crippen LogP contribution in [0.2, 0.25) is 0 Å². The molecule has 2 aromatic rings. The van der Waals surface area contributed by atoms with Crippen molar-refractivity contribution in [2.75, 3.05) is 18.4 Å². The molecule has 1 aliphatic heterocycles. The molecule has 120 valence electrons. The molecule has 2 aromatic heterocycles. The molecule has 8 nitrogen and oxygen atoms in total. The second-order valence-corrected chi connectivity index (χ2v) is 5.47. The van der Waals surface area contributed by atoms with E-state index in [9.17, 15) is 9.59 Å². The highest BCUT2D eigenvalue weighted by Crippen LogP contribution is 2.19. The first-order chi connectivity index (χ1) is 11.1. The first-order valence-electron chi connectivity index (χ1n) is 7.40. The van der Waals surface area contributed by atoms with Crippen molar-refractivity contribution in [3.05, 3.63) is 30.6 Å². The Hall–Kier alpha value is -2.90. The Kier molecular flexibility index (Phi) is 3.96. The molecule has 0 aromatic carbocycles.